The average Bonchev–Trinajstić information content (AvgIpc) is 3.43. The van der Waals surface area contributed by atoms with Crippen LogP contribution in [-0.4, -0.2) is 137 Å². The first-order valence-electron chi connectivity index (χ1n) is 11.7. The van der Waals surface area contributed by atoms with Crippen LogP contribution in [0, 0.1) is 0 Å². The minimum Gasteiger partial charge on any atom is -0.387 e. The minimum absolute atomic E-state index is 0.0105. The van der Waals surface area contributed by atoms with Gasteiger partial charge in [-0.1, -0.05) is 0 Å². The highest BCUT2D eigenvalue weighted by atomic mass is 31.3. The van der Waals surface area contributed by atoms with Gasteiger partial charge in [0.15, 0.2) is 23.6 Å². The Bertz CT molecular complexity index is 1410. The number of phosphoric ester groups is 1. The highest BCUT2D eigenvalue weighted by Gasteiger charge is 2.52. The predicted octanol–water partition coefficient (Wildman–Crippen LogP) is -4.31. The standard InChI is InChI=1S/C17H28N5O17P3/c18-15-6-16(20-2-19-15)22(3-21-6)17-13(29)7(23)5(37-17)1-36-42(34,35)39-41(32,33)4-40(30,31)38-14-11(27)9(25)8(24)10(26)12(14)28/h2-3,5,7-14,17,23-29H,1,4H2,(H,30,31)(H,32,33)(H,34,35)(H2,18,19,20)/t5-,7-,8?,9+,10+,11-,12+,13-,14?,17-/m1/s1. The lowest BCUT2D eigenvalue weighted by atomic mass is 9.85. The van der Waals surface area contributed by atoms with Gasteiger partial charge in [0.2, 0.25) is 0 Å². The molecule has 22 nitrogen and oxygen atoms in total. The third kappa shape index (κ3) is 6.90. The predicted molar refractivity (Wildman–Crippen MR) is 132 cm³/mol. The van der Waals surface area contributed by atoms with Crippen molar-refractivity contribution in [2.45, 2.75) is 61.2 Å². The molecular weight excluding hydrogens is 639 g/mol. The van der Waals surface area contributed by atoms with Crippen LogP contribution < -0.4 is 5.73 Å². The second kappa shape index (κ2) is 12.1. The summed E-state index contributed by atoms with van der Waals surface area (Å²) in [6.45, 7) is -1.02. The Balaban J connectivity index is 1.37. The molecule has 2 fully saturated rings. The van der Waals surface area contributed by atoms with Gasteiger partial charge in [-0.15, -0.1) is 0 Å². The van der Waals surface area contributed by atoms with Gasteiger partial charge in [-0.05, 0) is 0 Å². The summed E-state index contributed by atoms with van der Waals surface area (Å²) >= 11 is 0. The quantitative estimate of drug-likeness (QED) is 0.107. The molecule has 1 aliphatic heterocycles. The highest BCUT2D eigenvalue weighted by Crippen LogP contribution is 2.66. The maximum atomic E-state index is 12.4. The molecule has 0 spiro atoms. The summed E-state index contributed by atoms with van der Waals surface area (Å²) in [6, 6.07) is 0. The van der Waals surface area contributed by atoms with Crippen LogP contribution in [0.4, 0.5) is 5.82 Å². The Morgan fingerprint density at radius 2 is 1.43 bits per heavy atom. The van der Waals surface area contributed by atoms with Crippen LogP contribution >= 0.6 is 23.0 Å². The van der Waals surface area contributed by atoms with Crippen LogP contribution in [-0.2, 0) is 31.8 Å². The number of phosphoric acid groups is 1. The van der Waals surface area contributed by atoms with E-state index in [1.54, 1.807) is 0 Å². The van der Waals surface area contributed by atoms with E-state index >= 15 is 0 Å². The van der Waals surface area contributed by atoms with E-state index in [0.29, 0.717) is 0 Å². The SMILES string of the molecule is Nc1ncnc2c1ncn2[C@@H]1O[C@H](COP(=O)(O)OP(=O)(O)CP(=O)(O)OC2[C@@H](O)[C@@H](O)C(O)[C@H](O)[C@H]2O)[C@@H](O)[C@H]1O. The number of nitrogens with two attached hydrogens (primary N) is 1. The van der Waals surface area contributed by atoms with Crippen molar-refractivity contribution < 1.29 is 82.2 Å². The molecule has 25 heteroatoms. The fraction of sp³-hybridized carbons (Fsp3) is 0.706. The first kappa shape index (κ1) is 33.4. The number of ether oxygens (including phenoxy) is 1. The fourth-order valence-electron chi connectivity index (χ4n) is 4.30. The molecule has 2 aromatic rings. The molecule has 0 amide bonds. The van der Waals surface area contributed by atoms with E-state index in [-0.39, 0.29) is 17.0 Å². The number of hydrogen-bond acceptors (Lipinski definition) is 18. The van der Waals surface area contributed by atoms with Crippen LogP contribution in [0.3, 0.4) is 0 Å². The summed E-state index contributed by atoms with van der Waals surface area (Å²) in [7, 11) is -16.5. The number of aliphatic hydroxyl groups excluding tert-OH is 7. The maximum Gasteiger partial charge on any atom is 0.479 e. The summed E-state index contributed by atoms with van der Waals surface area (Å²) in [5, 5.41) is 69.6. The first-order valence-corrected chi connectivity index (χ1v) is 16.7. The van der Waals surface area contributed by atoms with Crippen LogP contribution in [0.15, 0.2) is 12.7 Å². The zero-order valence-corrected chi connectivity index (χ0v) is 23.6. The molecule has 0 radical (unpaired) electrons. The van der Waals surface area contributed by atoms with Gasteiger partial charge < -0.3 is 60.9 Å². The second-order valence-electron chi connectivity index (χ2n) is 9.41. The van der Waals surface area contributed by atoms with E-state index in [2.05, 4.69) is 28.3 Å². The molecular formula is C17H28N5O17P3. The lowest BCUT2D eigenvalue weighted by molar-refractivity contribution is -0.217. The van der Waals surface area contributed by atoms with Crippen LogP contribution in [0.1, 0.15) is 6.23 Å². The molecule has 2 aromatic heterocycles. The molecule has 13 atom stereocenters. The number of rotatable bonds is 10. The van der Waals surface area contributed by atoms with Gasteiger partial charge in [0.1, 0.15) is 66.8 Å². The Morgan fingerprint density at radius 1 is 0.833 bits per heavy atom. The normalized spacial score (nSPS) is 38.1. The molecule has 238 valence electrons. The summed E-state index contributed by atoms with van der Waals surface area (Å²) in [4.78, 5) is 41.6. The molecule has 3 heterocycles. The van der Waals surface area contributed by atoms with E-state index in [1.165, 1.54) is 10.9 Å². The molecule has 1 saturated heterocycles. The summed E-state index contributed by atoms with van der Waals surface area (Å²) < 4.78 is 57.1. The van der Waals surface area contributed by atoms with Crippen molar-refractivity contribution in [3.63, 3.8) is 0 Å². The first-order chi connectivity index (χ1) is 19.3. The van der Waals surface area contributed by atoms with Gasteiger partial charge >= 0.3 is 23.0 Å². The number of hydrogen-bond donors (Lipinski definition) is 11. The van der Waals surface area contributed by atoms with E-state index < -0.39 is 96.7 Å². The lowest BCUT2D eigenvalue weighted by Gasteiger charge is -2.41. The summed E-state index contributed by atoms with van der Waals surface area (Å²) in [5.74, 6) is -1.89. The van der Waals surface area contributed by atoms with Crippen molar-refractivity contribution in [2.75, 3.05) is 18.2 Å². The van der Waals surface area contributed by atoms with Crippen molar-refractivity contribution in [3.8, 4) is 0 Å². The third-order valence-electron chi connectivity index (χ3n) is 6.35. The number of anilines is 1. The molecule has 42 heavy (non-hydrogen) atoms. The molecule has 1 saturated carbocycles. The van der Waals surface area contributed by atoms with E-state index in [4.69, 9.17) is 10.5 Å². The third-order valence-corrected chi connectivity index (χ3v) is 12.1. The van der Waals surface area contributed by atoms with Gasteiger partial charge in [0, 0.05) is 0 Å². The maximum absolute atomic E-state index is 12.4. The number of imidazole rings is 1. The Labute approximate surface area is 234 Å². The number of nitrogens with zero attached hydrogens (tertiary/aromatic N) is 4. The van der Waals surface area contributed by atoms with Gasteiger partial charge in [-0.25, -0.2) is 23.8 Å². The fourth-order valence-corrected chi connectivity index (χ4v) is 9.49. The smallest absolute Gasteiger partial charge is 0.387 e. The monoisotopic (exact) mass is 667 g/mol. The average molecular weight is 667 g/mol. The molecule has 0 bridgehead atoms. The molecule has 12 N–H and O–H groups in total. The number of aliphatic hydroxyl groups is 7. The lowest BCUT2D eigenvalue weighted by Crippen LogP contribution is -2.64. The van der Waals surface area contributed by atoms with Gasteiger partial charge in [-0.2, -0.15) is 0 Å². The van der Waals surface area contributed by atoms with Gasteiger partial charge in [0.25, 0.3) is 0 Å². The van der Waals surface area contributed by atoms with Crippen molar-refractivity contribution in [3.05, 3.63) is 12.7 Å². The van der Waals surface area contributed by atoms with Crippen molar-refractivity contribution >= 4 is 40.0 Å². The summed E-state index contributed by atoms with van der Waals surface area (Å²) in [5.41, 5.74) is 5.97. The van der Waals surface area contributed by atoms with Crippen molar-refractivity contribution in [2.24, 2.45) is 0 Å². The van der Waals surface area contributed by atoms with Crippen LogP contribution in [0.5, 0.6) is 0 Å². The van der Waals surface area contributed by atoms with E-state index in [0.717, 1.165) is 6.33 Å². The number of fused-ring (bicyclic) bond motifs is 1. The Morgan fingerprint density at radius 3 is 2.05 bits per heavy atom. The van der Waals surface area contributed by atoms with Crippen molar-refractivity contribution in [1.82, 2.24) is 19.5 Å². The van der Waals surface area contributed by atoms with E-state index in [1.807, 2.05) is 0 Å². The molecule has 2 aliphatic rings. The molecule has 4 rings (SSSR count). The molecule has 1 aliphatic carbocycles. The highest BCUT2D eigenvalue weighted by molar-refractivity contribution is 7.74. The van der Waals surface area contributed by atoms with E-state index in [9.17, 15) is 64.1 Å². The number of aromatic nitrogens is 4. The Hall–Kier alpha value is -1.52. The zero-order valence-electron chi connectivity index (χ0n) is 20.9. The van der Waals surface area contributed by atoms with Gasteiger partial charge in [0.05, 0.1) is 12.9 Å². The second-order valence-corrected chi connectivity index (χ2v) is 15.2. The zero-order chi connectivity index (χ0) is 31.4. The Kier molecular flexibility index (Phi) is 9.62. The molecule has 5 unspecified atom stereocenters. The van der Waals surface area contributed by atoms with Crippen LogP contribution in [0.2, 0.25) is 0 Å². The molecule has 0 aromatic carbocycles. The van der Waals surface area contributed by atoms with Gasteiger partial charge in [-0.3, -0.25) is 22.7 Å². The largest absolute Gasteiger partial charge is 0.479 e. The minimum atomic E-state index is -5.56. The number of nitrogen functional groups attached to an aromatic ring is 1. The summed E-state index contributed by atoms with van der Waals surface area (Å²) in [6.07, 6.45) is -17.1. The topological polar surface area (TPSA) is 360 Å². The van der Waals surface area contributed by atoms with Crippen molar-refractivity contribution in [1.29, 1.82) is 0 Å². The van der Waals surface area contributed by atoms with Crippen LogP contribution in [0.25, 0.3) is 11.2 Å².